The van der Waals surface area contributed by atoms with Gasteiger partial charge in [-0.25, -0.2) is 0 Å². The van der Waals surface area contributed by atoms with Crippen molar-refractivity contribution in [3.8, 4) is 5.69 Å². The minimum atomic E-state index is -0.175. The molecule has 3 nitrogen and oxygen atoms in total. The number of hydrogen-bond acceptors (Lipinski definition) is 2. The van der Waals surface area contributed by atoms with Gasteiger partial charge in [0.1, 0.15) is 5.82 Å². The van der Waals surface area contributed by atoms with Gasteiger partial charge in [0.2, 0.25) is 5.28 Å². The van der Waals surface area contributed by atoms with Crippen molar-refractivity contribution < 1.29 is 0 Å². The summed E-state index contributed by atoms with van der Waals surface area (Å²) in [4.78, 5) is 0. The van der Waals surface area contributed by atoms with E-state index in [-0.39, 0.29) is 5.41 Å². The van der Waals surface area contributed by atoms with E-state index in [0.29, 0.717) is 10.3 Å². The zero-order valence-electron chi connectivity index (χ0n) is 10.2. The van der Waals surface area contributed by atoms with Gasteiger partial charge in [-0.15, -0.1) is 10.2 Å². The second-order valence-electron chi connectivity index (χ2n) is 4.97. The number of nitrogens with zero attached hydrogens (tertiary/aromatic N) is 3. The fourth-order valence-corrected chi connectivity index (χ4v) is 2.38. The average molecular weight is 349 g/mol. The van der Waals surface area contributed by atoms with E-state index in [1.807, 2.05) is 18.2 Å². The van der Waals surface area contributed by atoms with Gasteiger partial charge in [0.05, 0.1) is 10.7 Å². The van der Waals surface area contributed by atoms with E-state index < -0.39 is 0 Å². The first kappa shape index (κ1) is 13.8. The lowest BCUT2D eigenvalue weighted by Crippen LogP contribution is -2.18. The highest BCUT2D eigenvalue weighted by molar-refractivity contribution is 9.10. The Hall–Kier alpha value is -0.580. The van der Waals surface area contributed by atoms with Crippen LogP contribution in [0.1, 0.15) is 26.6 Å². The largest absolute Gasteiger partial charge is 0.268 e. The Kier molecular flexibility index (Phi) is 3.72. The Bertz CT molecular complexity index is 587. The molecule has 0 radical (unpaired) electrons. The first-order valence-corrected chi connectivity index (χ1v) is 6.92. The Labute approximate surface area is 124 Å². The van der Waals surface area contributed by atoms with Crippen LogP contribution in [-0.4, -0.2) is 14.8 Å². The molecule has 1 aromatic carbocycles. The molecule has 0 N–H and O–H groups in total. The second kappa shape index (κ2) is 4.83. The predicted molar refractivity (Wildman–Crippen MR) is 77.8 cm³/mol. The molecule has 0 aliphatic rings. The molecule has 0 unspecified atom stereocenters. The van der Waals surface area contributed by atoms with Crippen molar-refractivity contribution in [2.24, 2.45) is 0 Å². The van der Waals surface area contributed by atoms with E-state index in [9.17, 15) is 0 Å². The number of benzene rings is 1. The topological polar surface area (TPSA) is 30.7 Å². The predicted octanol–water partition coefficient (Wildman–Crippen LogP) is 4.63. The van der Waals surface area contributed by atoms with Crippen molar-refractivity contribution in [1.82, 2.24) is 14.8 Å². The van der Waals surface area contributed by atoms with Crippen LogP contribution in [0.25, 0.3) is 5.69 Å². The maximum Gasteiger partial charge on any atom is 0.229 e. The van der Waals surface area contributed by atoms with Crippen LogP contribution in [0.4, 0.5) is 0 Å². The number of halogens is 3. The van der Waals surface area contributed by atoms with Crippen molar-refractivity contribution in [3.05, 3.63) is 38.8 Å². The van der Waals surface area contributed by atoms with Crippen LogP contribution in [0.3, 0.4) is 0 Å². The molecule has 0 aliphatic carbocycles. The van der Waals surface area contributed by atoms with Crippen LogP contribution >= 0.6 is 39.1 Å². The lowest BCUT2D eigenvalue weighted by atomic mass is 9.95. The monoisotopic (exact) mass is 347 g/mol. The fourth-order valence-electron chi connectivity index (χ4n) is 1.62. The molecule has 0 fully saturated rings. The molecule has 6 heteroatoms. The summed E-state index contributed by atoms with van der Waals surface area (Å²) in [6, 6.07) is 5.58. The van der Waals surface area contributed by atoms with Gasteiger partial charge in [-0.3, -0.25) is 4.57 Å². The molecule has 18 heavy (non-hydrogen) atoms. The Morgan fingerprint density at radius 1 is 1.17 bits per heavy atom. The normalized spacial score (nSPS) is 11.9. The molecule has 2 aromatic rings. The Morgan fingerprint density at radius 2 is 1.83 bits per heavy atom. The standard InChI is InChI=1S/C12H12BrCl2N3/c1-12(2,3)10-16-17-11(15)18(10)9-6-7(13)4-5-8(9)14/h4-6H,1-3H3. The van der Waals surface area contributed by atoms with Crippen molar-refractivity contribution in [1.29, 1.82) is 0 Å². The van der Waals surface area contributed by atoms with E-state index >= 15 is 0 Å². The van der Waals surface area contributed by atoms with Crippen molar-refractivity contribution in [2.75, 3.05) is 0 Å². The molecular weight excluding hydrogens is 337 g/mol. The number of hydrogen-bond donors (Lipinski definition) is 0. The van der Waals surface area contributed by atoms with Gasteiger partial charge in [0.15, 0.2) is 0 Å². The molecule has 2 rings (SSSR count). The van der Waals surface area contributed by atoms with Crippen LogP contribution in [0.5, 0.6) is 0 Å². The molecule has 1 heterocycles. The molecule has 96 valence electrons. The number of rotatable bonds is 1. The van der Waals surface area contributed by atoms with Gasteiger partial charge in [0, 0.05) is 9.89 Å². The maximum atomic E-state index is 6.23. The molecule has 0 saturated heterocycles. The first-order chi connectivity index (χ1) is 8.30. The molecule has 0 amide bonds. The fraction of sp³-hybridized carbons (Fsp3) is 0.333. The maximum absolute atomic E-state index is 6.23. The lowest BCUT2D eigenvalue weighted by Gasteiger charge is -2.19. The molecule has 0 spiro atoms. The van der Waals surface area contributed by atoms with Crippen molar-refractivity contribution in [3.63, 3.8) is 0 Å². The third-order valence-electron chi connectivity index (χ3n) is 2.44. The SMILES string of the molecule is CC(C)(C)c1nnc(Cl)n1-c1cc(Br)ccc1Cl. The third-order valence-corrected chi connectivity index (χ3v) is 3.50. The third kappa shape index (κ3) is 2.56. The molecule has 0 aliphatic heterocycles. The minimum Gasteiger partial charge on any atom is -0.268 e. The van der Waals surface area contributed by atoms with Crippen LogP contribution in [-0.2, 0) is 5.41 Å². The van der Waals surface area contributed by atoms with E-state index in [4.69, 9.17) is 23.2 Å². The van der Waals surface area contributed by atoms with Gasteiger partial charge in [-0.1, -0.05) is 48.3 Å². The second-order valence-corrected chi connectivity index (χ2v) is 6.63. The molecule has 1 aromatic heterocycles. The van der Waals surface area contributed by atoms with Crippen LogP contribution in [0.15, 0.2) is 22.7 Å². The summed E-state index contributed by atoms with van der Waals surface area (Å²) in [5, 5.41) is 8.98. The van der Waals surface area contributed by atoms with Crippen molar-refractivity contribution in [2.45, 2.75) is 26.2 Å². The highest BCUT2D eigenvalue weighted by atomic mass is 79.9. The smallest absolute Gasteiger partial charge is 0.229 e. The van der Waals surface area contributed by atoms with Gasteiger partial charge < -0.3 is 0 Å². The van der Waals surface area contributed by atoms with E-state index in [0.717, 1.165) is 16.0 Å². The quantitative estimate of drug-likeness (QED) is 0.751. The summed E-state index contributed by atoms with van der Waals surface area (Å²) in [6.45, 7) is 6.15. The number of aromatic nitrogens is 3. The highest BCUT2D eigenvalue weighted by Gasteiger charge is 2.25. The first-order valence-electron chi connectivity index (χ1n) is 5.37. The summed E-state index contributed by atoms with van der Waals surface area (Å²) in [5.74, 6) is 0.771. The van der Waals surface area contributed by atoms with E-state index in [1.165, 1.54) is 0 Å². The Morgan fingerprint density at radius 3 is 2.44 bits per heavy atom. The lowest BCUT2D eigenvalue weighted by molar-refractivity contribution is 0.533. The molecule has 0 bridgehead atoms. The van der Waals surface area contributed by atoms with Gasteiger partial charge in [-0.05, 0) is 29.8 Å². The molecular formula is C12H12BrCl2N3. The summed E-state index contributed by atoms with van der Waals surface area (Å²) in [5.41, 5.74) is 0.595. The van der Waals surface area contributed by atoms with E-state index in [2.05, 4.69) is 46.9 Å². The Balaban J connectivity index is 2.71. The van der Waals surface area contributed by atoms with Gasteiger partial charge in [-0.2, -0.15) is 0 Å². The minimum absolute atomic E-state index is 0.175. The van der Waals surface area contributed by atoms with Gasteiger partial charge in [0.25, 0.3) is 0 Å². The van der Waals surface area contributed by atoms with Crippen molar-refractivity contribution >= 4 is 39.1 Å². The zero-order chi connectivity index (χ0) is 13.5. The average Bonchev–Trinajstić information content (AvgIpc) is 2.63. The summed E-state index contributed by atoms with van der Waals surface area (Å²) >= 11 is 15.8. The van der Waals surface area contributed by atoms with E-state index in [1.54, 1.807) is 4.57 Å². The van der Waals surface area contributed by atoms with Gasteiger partial charge >= 0.3 is 0 Å². The summed E-state index contributed by atoms with van der Waals surface area (Å²) < 4.78 is 2.70. The highest BCUT2D eigenvalue weighted by Crippen LogP contribution is 2.31. The van der Waals surface area contributed by atoms with Crippen LogP contribution in [0, 0.1) is 0 Å². The summed E-state index contributed by atoms with van der Waals surface area (Å²) in [7, 11) is 0. The summed E-state index contributed by atoms with van der Waals surface area (Å²) in [6.07, 6.45) is 0. The molecule has 0 atom stereocenters. The zero-order valence-corrected chi connectivity index (χ0v) is 13.3. The molecule has 0 saturated carbocycles. The van der Waals surface area contributed by atoms with Crippen LogP contribution < -0.4 is 0 Å². The van der Waals surface area contributed by atoms with Crippen LogP contribution in [0.2, 0.25) is 10.3 Å².